The van der Waals surface area contributed by atoms with Gasteiger partial charge in [-0.25, -0.2) is 8.42 Å². The second kappa shape index (κ2) is 8.07. The molecule has 0 saturated carbocycles. The van der Waals surface area contributed by atoms with E-state index in [1.807, 2.05) is 13.8 Å². The largest absolute Gasteiger partial charge is 0.497 e. The van der Waals surface area contributed by atoms with Crippen LogP contribution in [0.15, 0.2) is 66.1 Å². The van der Waals surface area contributed by atoms with Crippen molar-refractivity contribution in [2.24, 2.45) is 0 Å². The number of anilines is 1. The molecule has 0 aliphatic rings. The van der Waals surface area contributed by atoms with Gasteiger partial charge in [0.25, 0.3) is 10.0 Å². The fraction of sp³-hybridized carbons (Fsp3) is 0.263. The third kappa shape index (κ3) is 4.54. The zero-order valence-electron chi connectivity index (χ0n) is 14.7. The Kier molecular flexibility index (Phi) is 6.09. The van der Waals surface area contributed by atoms with Crippen molar-refractivity contribution in [2.75, 3.05) is 18.0 Å². The van der Waals surface area contributed by atoms with Gasteiger partial charge in [-0.1, -0.05) is 6.08 Å². The zero-order valence-corrected chi connectivity index (χ0v) is 15.5. The summed E-state index contributed by atoms with van der Waals surface area (Å²) in [6.07, 6.45) is 1.61. The molecule has 6 heteroatoms. The predicted molar refractivity (Wildman–Crippen MR) is 99.9 cm³/mol. The highest BCUT2D eigenvalue weighted by atomic mass is 32.2. The van der Waals surface area contributed by atoms with Crippen LogP contribution in [0.4, 0.5) is 5.69 Å². The van der Waals surface area contributed by atoms with Crippen molar-refractivity contribution >= 4 is 15.7 Å². The Bertz CT molecular complexity index is 796. The number of sulfonamides is 1. The van der Waals surface area contributed by atoms with E-state index in [4.69, 9.17) is 9.47 Å². The monoisotopic (exact) mass is 361 g/mol. The Hall–Kier alpha value is -2.47. The van der Waals surface area contributed by atoms with Crippen molar-refractivity contribution in [1.29, 1.82) is 0 Å². The van der Waals surface area contributed by atoms with Gasteiger partial charge >= 0.3 is 0 Å². The van der Waals surface area contributed by atoms with Crippen molar-refractivity contribution in [2.45, 2.75) is 24.8 Å². The second-order valence-corrected chi connectivity index (χ2v) is 7.52. The fourth-order valence-electron chi connectivity index (χ4n) is 2.30. The lowest BCUT2D eigenvalue weighted by molar-refractivity contribution is 0.242. The molecule has 0 unspecified atom stereocenters. The fourth-order valence-corrected chi connectivity index (χ4v) is 3.73. The average molecular weight is 361 g/mol. The van der Waals surface area contributed by atoms with E-state index in [1.165, 1.54) is 23.5 Å². The normalized spacial score (nSPS) is 11.2. The van der Waals surface area contributed by atoms with Crippen LogP contribution in [0.2, 0.25) is 0 Å². The summed E-state index contributed by atoms with van der Waals surface area (Å²) in [4.78, 5) is 0.192. The Morgan fingerprint density at radius 1 is 1.04 bits per heavy atom. The van der Waals surface area contributed by atoms with Gasteiger partial charge < -0.3 is 9.47 Å². The number of hydrogen-bond donors (Lipinski definition) is 0. The lowest BCUT2D eigenvalue weighted by atomic mass is 10.3. The highest BCUT2D eigenvalue weighted by Gasteiger charge is 2.24. The molecule has 0 saturated heterocycles. The number of benzene rings is 2. The topological polar surface area (TPSA) is 55.8 Å². The van der Waals surface area contributed by atoms with Crippen molar-refractivity contribution < 1.29 is 17.9 Å². The molecule has 0 N–H and O–H groups in total. The van der Waals surface area contributed by atoms with Crippen LogP contribution in [0.3, 0.4) is 0 Å². The van der Waals surface area contributed by atoms with E-state index in [0.717, 1.165) is 0 Å². The van der Waals surface area contributed by atoms with E-state index in [0.29, 0.717) is 17.2 Å². The van der Waals surface area contributed by atoms with Gasteiger partial charge in [-0.15, -0.1) is 6.58 Å². The SMILES string of the molecule is C=CCN(c1ccc(OC(C)C)cc1)S(=O)(=O)c1ccc(OC)cc1. The van der Waals surface area contributed by atoms with E-state index < -0.39 is 10.0 Å². The molecular weight excluding hydrogens is 338 g/mol. The Labute approximate surface area is 149 Å². The number of hydrogen-bond acceptors (Lipinski definition) is 4. The summed E-state index contributed by atoms with van der Waals surface area (Å²) in [5.41, 5.74) is 0.548. The maximum absolute atomic E-state index is 13.0. The van der Waals surface area contributed by atoms with Gasteiger partial charge in [-0.3, -0.25) is 4.31 Å². The van der Waals surface area contributed by atoms with Crippen LogP contribution in [0.1, 0.15) is 13.8 Å². The number of ether oxygens (including phenoxy) is 2. The number of rotatable bonds is 8. The van der Waals surface area contributed by atoms with E-state index in [-0.39, 0.29) is 17.5 Å². The molecule has 0 atom stereocenters. The van der Waals surface area contributed by atoms with Gasteiger partial charge in [0.2, 0.25) is 0 Å². The smallest absolute Gasteiger partial charge is 0.264 e. The predicted octanol–water partition coefficient (Wildman–Crippen LogP) is 3.86. The summed E-state index contributed by atoms with van der Waals surface area (Å²) in [7, 11) is -2.18. The molecule has 2 aromatic rings. The Morgan fingerprint density at radius 3 is 2.08 bits per heavy atom. The molecule has 2 rings (SSSR count). The first-order valence-electron chi connectivity index (χ1n) is 7.93. The third-order valence-electron chi connectivity index (χ3n) is 3.44. The quantitative estimate of drug-likeness (QED) is 0.670. The zero-order chi connectivity index (χ0) is 18.4. The first kappa shape index (κ1) is 18.9. The summed E-state index contributed by atoms with van der Waals surface area (Å²) < 4.78 is 38.0. The molecule has 0 radical (unpaired) electrons. The van der Waals surface area contributed by atoms with Crippen LogP contribution < -0.4 is 13.8 Å². The van der Waals surface area contributed by atoms with Crippen molar-refractivity contribution in [3.63, 3.8) is 0 Å². The van der Waals surface area contributed by atoms with Gasteiger partial charge in [0.1, 0.15) is 11.5 Å². The van der Waals surface area contributed by atoms with E-state index >= 15 is 0 Å². The van der Waals surface area contributed by atoms with Gasteiger partial charge in [-0.2, -0.15) is 0 Å². The van der Waals surface area contributed by atoms with Crippen LogP contribution in [-0.4, -0.2) is 28.2 Å². The number of methoxy groups -OCH3 is 1. The van der Waals surface area contributed by atoms with Crippen LogP contribution in [0, 0.1) is 0 Å². The first-order valence-corrected chi connectivity index (χ1v) is 9.37. The Balaban J connectivity index is 2.36. The maximum atomic E-state index is 13.0. The second-order valence-electron chi connectivity index (χ2n) is 5.66. The summed E-state index contributed by atoms with van der Waals surface area (Å²) in [6, 6.07) is 13.3. The van der Waals surface area contributed by atoms with Gasteiger partial charge in [0, 0.05) is 0 Å². The van der Waals surface area contributed by atoms with Gasteiger partial charge in [0.15, 0.2) is 0 Å². The van der Waals surface area contributed by atoms with E-state index in [9.17, 15) is 8.42 Å². The minimum atomic E-state index is -3.71. The highest BCUT2D eigenvalue weighted by Crippen LogP contribution is 2.27. The Morgan fingerprint density at radius 2 is 1.60 bits per heavy atom. The molecule has 0 aromatic heterocycles. The van der Waals surface area contributed by atoms with Crippen molar-refractivity contribution in [3.8, 4) is 11.5 Å². The van der Waals surface area contributed by atoms with Crippen LogP contribution in [0.5, 0.6) is 11.5 Å². The molecule has 0 bridgehead atoms. The lowest BCUT2D eigenvalue weighted by Gasteiger charge is -2.23. The molecule has 0 aliphatic heterocycles. The summed E-state index contributed by atoms with van der Waals surface area (Å²) in [5, 5.41) is 0. The summed E-state index contributed by atoms with van der Waals surface area (Å²) >= 11 is 0. The van der Waals surface area contributed by atoms with E-state index in [2.05, 4.69) is 6.58 Å². The van der Waals surface area contributed by atoms with Crippen molar-refractivity contribution in [1.82, 2.24) is 0 Å². The molecule has 2 aromatic carbocycles. The molecule has 25 heavy (non-hydrogen) atoms. The first-order chi connectivity index (χ1) is 11.9. The summed E-state index contributed by atoms with van der Waals surface area (Å²) in [6.45, 7) is 7.71. The van der Waals surface area contributed by atoms with Crippen LogP contribution in [-0.2, 0) is 10.0 Å². The molecule has 0 amide bonds. The molecule has 134 valence electrons. The molecule has 5 nitrogen and oxygen atoms in total. The molecule has 0 aliphatic carbocycles. The van der Waals surface area contributed by atoms with Crippen molar-refractivity contribution in [3.05, 3.63) is 61.2 Å². The van der Waals surface area contributed by atoms with Gasteiger partial charge in [-0.05, 0) is 62.4 Å². The van der Waals surface area contributed by atoms with Gasteiger partial charge in [0.05, 0.1) is 30.3 Å². The molecule has 0 heterocycles. The average Bonchev–Trinajstić information content (AvgIpc) is 2.60. The van der Waals surface area contributed by atoms with Crippen LogP contribution in [0.25, 0.3) is 0 Å². The standard InChI is InChI=1S/C19H23NO4S/c1-5-14-20(16-6-8-18(9-7-16)24-15(2)3)25(21,22)19-12-10-17(23-4)11-13-19/h5-13,15H,1,14H2,2-4H3. The lowest BCUT2D eigenvalue weighted by Crippen LogP contribution is -2.31. The summed E-state index contributed by atoms with van der Waals surface area (Å²) in [5.74, 6) is 1.29. The third-order valence-corrected chi connectivity index (χ3v) is 5.25. The molecule has 0 fully saturated rings. The van der Waals surface area contributed by atoms with Crippen LogP contribution >= 0.6 is 0 Å². The maximum Gasteiger partial charge on any atom is 0.264 e. The van der Waals surface area contributed by atoms with E-state index in [1.54, 1.807) is 42.5 Å². The minimum absolute atomic E-state index is 0.0539. The molecule has 0 spiro atoms. The highest BCUT2D eigenvalue weighted by molar-refractivity contribution is 7.92. The molecular formula is C19H23NO4S. The number of nitrogens with zero attached hydrogens (tertiary/aromatic N) is 1. The minimum Gasteiger partial charge on any atom is -0.497 e.